The highest BCUT2D eigenvalue weighted by molar-refractivity contribution is 6.32. The largest absolute Gasteiger partial charge is 0.436 e. The van der Waals surface area contributed by atoms with Gasteiger partial charge in [-0.1, -0.05) is 11.6 Å². The molecule has 2 N–H and O–H groups in total. The lowest BCUT2D eigenvalue weighted by Crippen LogP contribution is -2.22. The zero-order valence-electron chi connectivity index (χ0n) is 15.8. The molecule has 0 radical (unpaired) electrons. The lowest BCUT2D eigenvalue weighted by atomic mass is 10.2. The molecule has 8 nitrogen and oxygen atoms in total. The number of anilines is 1. The molecule has 1 saturated carbocycles. The first-order chi connectivity index (χ1) is 13.7. The molecule has 3 rings (SSSR count). The van der Waals surface area contributed by atoms with Crippen LogP contribution in [-0.2, 0) is 24.1 Å². The molecule has 1 fully saturated rings. The number of nitrogens with zero attached hydrogens (tertiary/aromatic N) is 4. The van der Waals surface area contributed by atoms with Gasteiger partial charge in [0.25, 0.3) is 5.91 Å². The molecule has 0 aromatic carbocycles. The Kier molecular flexibility index (Phi) is 5.87. The molecule has 0 spiro atoms. The number of rotatable bonds is 7. The molecular weight excluding hydrogens is 413 g/mol. The van der Waals surface area contributed by atoms with Gasteiger partial charge in [0.05, 0.1) is 22.9 Å². The van der Waals surface area contributed by atoms with E-state index in [-0.39, 0.29) is 30.3 Å². The zero-order chi connectivity index (χ0) is 21.3. The Balaban J connectivity index is 1.74. The minimum atomic E-state index is -4.66. The molecule has 0 saturated heterocycles. The number of aryl methyl sites for hydroxylation is 2. The van der Waals surface area contributed by atoms with Gasteiger partial charge in [0.15, 0.2) is 11.4 Å². The number of carbonyl (C=O) groups is 2. The van der Waals surface area contributed by atoms with Crippen LogP contribution >= 0.6 is 11.6 Å². The SMILES string of the molecule is CCn1cc(NC(=O)CCn2nc(C(F)(F)F)c(Cl)c2C2CC2)c(C(=O)NC)n1. The van der Waals surface area contributed by atoms with Gasteiger partial charge < -0.3 is 10.6 Å². The lowest BCUT2D eigenvalue weighted by molar-refractivity contribution is -0.141. The van der Waals surface area contributed by atoms with Crippen molar-refractivity contribution in [3.63, 3.8) is 0 Å². The number of hydrogen-bond acceptors (Lipinski definition) is 4. The van der Waals surface area contributed by atoms with Crippen LogP contribution in [0.2, 0.25) is 5.02 Å². The summed E-state index contributed by atoms with van der Waals surface area (Å²) in [7, 11) is 1.44. The zero-order valence-corrected chi connectivity index (χ0v) is 16.6. The molecule has 0 atom stereocenters. The van der Waals surface area contributed by atoms with Crippen molar-refractivity contribution >= 4 is 29.1 Å². The highest BCUT2D eigenvalue weighted by atomic mass is 35.5. The van der Waals surface area contributed by atoms with E-state index in [1.54, 1.807) is 0 Å². The molecule has 0 bridgehead atoms. The smallest absolute Gasteiger partial charge is 0.354 e. The van der Waals surface area contributed by atoms with Gasteiger partial charge in [-0.3, -0.25) is 19.0 Å². The van der Waals surface area contributed by atoms with Crippen molar-refractivity contribution in [2.75, 3.05) is 12.4 Å². The number of aromatic nitrogens is 4. The second kappa shape index (κ2) is 8.05. The standard InChI is InChI=1S/C17H20ClF3N6O2/c1-3-26-8-10(13(24-26)16(29)22-2)23-11(28)6-7-27-14(9-4-5-9)12(18)15(25-27)17(19,20)21/h8-9H,3-7H2,1-2H3,(H,22,29)(H,23,28). The van der Waals surface area contributed by atoms with Gasteiger partial charge in [0.1, 0.15) is 0 Å². The van der Waals surface area contributed by atoms with Gasteiger partial charge in [-0.25, -0.2) is 0 Å². The third kappa shape index (κ3) is 4.55. The number of halogens is 4. The van der Waals surface area contributed by atoms with E-state index in [0.717, 1.165) is 17.5 Å². The monoisotopic (exact) mass is 432 g/mol. The molecule has 2 heterocycles. The molecule has 2 amide bonds. The Morgan fingerprint density at radius 1 is 1.31 bits per heavy atom. The normalized spacial score (nSPS) is 14.1. The maximum Gasteiger partial charge on any atom is 0.436 e. The summed E-state index contributed by atoms with van der Waals surface area (Å²) in [6.07, 6.45) is -1.81. The average Bonchev–Trinajstić information content (AvgIpc) is 3.32. The Bertz CT molecular complexity index is 932. The highest BCUT2D eigenvalue weighted by Crippen LogP contribution is 2.46. The predicted molar refractivity (Wildman–Crippen MR) is 98.8 cm³/mol. The molecule has 158 valence electrons. The first-order valence-corrected chi connectivity index (χ1v) is 9.46. The number of alkyl halides is 3. The Morgan fingerprint density at radius 3 is 2.55 bits per heavy atom. The quantitative estimate of drug-likeness (QED) is 0.703. The third-order valence-corrected chi connectivity index (χ3v) is 4.89. The van der Waals surface area contributed by atoms with Crippen LogP contribution in [0.1, 0.15) is 54.0 Å². The lowest BCUT2D eigenvalue weighted by Gasteiger charge is -2.08. The summed E-state index contributed by atoms with van der Waals surface area (Å²) in [5.74, 6) is -1.01. The first-order valence-electron chi connectivity index (χ1n) is 9.08. The van der Waals surface area contributed by atoms with Crippen LogP contribution in [0.15, 0.2) is 6.20 Å². The van der Waals surface area contributed by atoms with Crippen molar-refractivity contribution in [3.05, 3.63) is 28.3 Å². The van der Waals surface area contributed by atoms with Crippen LogP contribution < -0.4 is 10.6 Å². The number of nitrogens with one attached hydrogen (secondary N) is 2. The van der Waals surface area contributed by atoms with E-state index in [2.05, 4.69) is 20.8 Å². The van der Waals surface area contributed by atoms with Crippen molar-refractivity contribution in [3.8, 4) is 0 Å². The minimum absolute atomic E-state index is 0.0582. The fourth-order valence-corrected chi connectivity index (χ4v) is 3.33. The van der Waals surface area contributed by atoms with Crippen LogP contribution in [0.25, 0.3) is 0 Å². The number of amides is 2. The predicted octanol–water partition coefficient (Wildman–Crippen LogP) is 3.04. The summed E-state index contributed by atoms with van der Waals surface area (Å²) in [6, 6.07) is 0. The summed E-state index contributed by atoms with van der Waals surface area (Å²) < 4.78 is 42.0. The average molecular weight is 433 g/mol. The topological polar surface area (TPSA) is 93.8 Å². The van der Waals surface area contributed by atoms with E-state index in [4.69, 9.17) is 11.6 Å². The molecule has 0 aliphatic heterocycles. The Hall–Kier alpha value is -2.56. The van der Waals surface area contributed by atoms with E-state index in [9.17, 15) is 22.8 Å². The van der Waals surface area contributed by atoms with Crippen LogP contribution in [0, 0.1) is 0 Å². The second-order valence-electron chi connectivity index (χ2n) is 6.67. The van der Waals surface area contributed by atoms with Gasteiger partial charge in [0.2, 0.25) is 5.91 Å². The summed E-state index contributed by atoms with van der Waals surface area (Å²) in [6.45, 7) is 2.26. The van der Waals surface area contributed by atoms with E-state index in [1.807, 2.05) is 6.92 Å². The van der Waals surface area contributed by atoms with E-state index in [0.29, 0.717) is 12.2 Å². The van der Waals surface area contributed by atoms with Gasteiger partial charge in [-0.2, -0.15) is 23.4 Å². The van der Waals surface area contributed by atoms with E-state index < -0.39 is 28.7 Å². The summed E-state index contributed by atoms with van der Waals surface area (Å²) >= 11 is 5.93. The summed E-state index contributed by atoms with van der Waals surface area (Å²) in [5.41, 5.74) is -0.528. The minimum Gasteiger partial charge on any atom is -0.354 e. The van der Waals surface area contributed by atoms with Crippen molar-refractivity contribution in [1.29, 1.82) is 0 Å². The van der Waals surface area contributed by atoms with E-state index >= 15 is 0 Å². The maximum absolute atomic E-state index is 13.1. The fourth-order valence-electron chi connectivity index (χ4n) is 2.93. The number of hydrogen-bond donors (Lipinski definition) is 2. The van der Waals surface area contributed by atoms with Gasteiger partial charge in [0, 0.05) is 32.1 Å². The molecule has 2 aromatic rings. The molecule has 1 aliphatic rings. The second-order valence-corrected chi connectivity index (χ2v) is 7.05. The fraction of sp³-hybridized carbons (Fsp3) is 0.529. The van der Waals surface area contributed by atoms with Crippen molar-refractivity contribution in [2.24, 2.45) is 0 Å². The summed E-state index contributed by atoms with van der Waals surface area (Å²) in [4.78, 5) is 24.3. The maximum atomic E-state index is 13.1. The van der Waals surface area contributed by atoms with Crippen LogP contribution in [0.5, 0.6) is 0 Å². The molecular formula is C17H20ClF3N6O2. The highest BCUT2D eigenvalue weighted by Gasteiger charge is 2.42. The van der Waals surface area contributed by atoms with Crippen LogP contribution in [-0.4, -0.2) is 38.4 Å². The Labute approximate surface area is 169 Å². The van der Waals surface area contributed by atoms with Crippen molar-refractivity contribution in [1.82, 2.24) is 24.9 Å². The number of carbonyl (C=O) groups excluding carboxylic acids is 2. The Morgan fingerprint density at radius 2 is 2.00 bits per heavy atom. The molecule has 29 heavy (non-hydrogen) atoms. The van der Waals surface area contributed by atoms with Gasteiger partial charge in [-0.05, 0) is 19.8 Å². The third-order valence-electron chi connectivity index (χ3n) is 4.52. The summed E-state index contributed by atoms with van der Waals surface area (Å²) in [5, 5.41) is 12.3. The van der Waals surface area contributed by atoms with E-state index in [1.165, 1.54) is 17.9 Å². The molecule has 0 unspecified atom stereocenters. The molecule has 1 aliphatic carbocycles. The van der Waals surface area contributed by atoms with Crippen LogP contribution in [0.3, 0.4) is 0 Å². The van der Waals surface area contributed by atoms with Gasteiger partial charge in [-0.15, -0.1) is 0 Å². The van der Waals surface area contributed by atoms with Crippen LogP contribution in [0.4, 0.5) is 18.9 Å². The van der Waals surface area contributed by atoms with Crippen molar-refractivity contribution < 1.29 is 22.8 Å². The van der Waals surface area contributed by atoms with Gasteiger partial charge >= 0.3 is 6.18 Å². The molecule has 2 aromatic heterocycles. The first kappa shape index (κ1) is 21.2. The van der Waals surface area contributed by atoms with Crippen molar-refractivity contribution in [2.45, 2.75) is 51.4 Å². The molecule has 12 heteroatoms.